The van der Waals surface area contributed by atoms with Gasteiger partial charge < -0.3 is 9.90 Å². The number of aryl methyl sites for hydroxylation is 1. The van der Waals surface area contributed by atoms with Gasteiger partial charge in [-0.05, 0) is 29.5 Å². The first kappa shape index (κ1) is 12.4. The minimum Gasteiger partial charge on any atom is -0.545 e. The highest BCUT2D eigenvalue weighted by Crippen LogP contribution is 2.15. The van der Waals surface area contributed by atoms with Gasteiger partial charge in [-0.15, -0.1) is 0 Å². The molecule has 0 aliphatic rings. The first-order valence-electron chi connectivity index (χ1n) is 6.07. The van der Waals surface area contributed by atoms with E-state index in [1.165, 1.54) is 5.56 Å². The van der Waals surface area contributed by atoms with Crippen LogP contribution in [-0.2, 0) is 12.8 Å². The maximum atomic E-state index is 11.0. The van der Waals surface area contributed by atoms with Gasteiger partial charge in [-0.1, -0.05) is 55.5 Å². The van der Waals surface area contributed by atoms with E-state index in [0.29, 0.717) is 6.42 Å². The maximum absolute atomic E-state index is 11.0. The van der Waals surface area contributed by atoms with Gasteiger partial charge in [0, 0.05) is 5.56 Å². The monoisotopic (exact) mass is 239 g/mol. The second-order valence-electron chi connectivity index (χ2n) is 4.29. The van der Waals surface area contributed by atoms with Crippen LogP contribution < -0.4 is 5.11 Å². The highest BCUT2D eigenvalue weighted by atomic mass is 16.4. The predicted octanol–water partition coefficient (Wildman–Crippen LogP) is 2.20. The molecule has 0 saturated carbocycles. The summed E-state index contributed by atoms with van der Waals surface area (Å²) in [7, 11) is 0. The molecule has 0 aromatic heterocycles. The normalized spacial score (nSPS) is 10.3. The summed E-state index contributed by atoms with van der Waals surface area (Å²) in [5.41, 5.74) is 3.46. The molecular weight excluding hydrogens is 224 g/mol. The smallest absolute Gasteiger partial charge is 0.0718 e. The van der Waals surface area contributed by atoms with Crippen molar-refractivity contribution in [3.05, 3.63) is 70.8 Å². The molecule has 0 saturated heterocycles. The topological polar surface area (TPSA) is 40.1 Å². The summed E-state index contributed by atoms with van der Waals surface area (Å²) < 4.78 is 0. The van der Waals surface area contributed by atoms with Crippen molar-refractivity contribution in [2.75, 3.05) is 0 Å². The number of carboxylic acids is 1. The molecule has 0 atom stereocenters. The summed E-state index contributed by atoms with van der Waals surface area (Å²) in [5, 5.41) is 11.0. The zero-order chi connectivity index (χ0) is 13.0. The number of rotatable bonds is 4. The molecule has 0 radical (unpaired) electrons. The average Bonchev–Trinajstić information content (AvgIpc) is 2.40. The number of hydrogen-bond donors (Lipinski definition) is 0. The maximum Gasteiger partial charge on any atom is 0.0718 e. The van der Waals surface area contributed by atoms with Gasteiger partial charge in [-0.3, -0.25) is 0 Å². The molecule has 92 valence electrons. The van der Waals surface area contributed by atoms with Crippen LogP contribution in [0.4, 0.5) is 0 Å². The summed E-state index contributed by atoms with van der Waals surface area (Å²) in [6.45, 7) is 2.11. The Bertz CT molecular complexity index is 541. The second kappa shape index (κ2) is 5.50. The lowest BCUT2D eigenvalue weighted by Gasteiger charge is -2.10. The molecule has 2 nitrogen and oxygen atoms in total. The van der Waals surface area contributed by atoms with Crippen LogP contribution in [0.2, 0.25) is 0 Å². The minimum absolute atomic E-state index is 0.275. The Morgan fingerprint density at radius 2 is 1.61 bits per heavy atom. The van der Waals surface area contributed by atoms with Crippen molar-refractivity contribution in [2.24, 2.45) is 0 Å². The third-order valence-electron chi connectivity index (χ3n) is 3.06. The molecule has 2 aromatic carbocycles. The standard InChI is InChI=1S/C16H16O2/c1-2-12-7-9-13(10-8-12)11-14-5-3-4-6-15(14)16(17)18/h3-10H,2,11H2,1H3,(H,17,18)/p-1. The van der Waals surface area contributed by atoms with E-state index < -0.39 is 5.97 Å². The van der Waals surface area contributed by atoms with Crippen molar-refractivity contribution in [3.63, 3.8) is 0 Å². The van der Waals surface area contributed by atoms with Gasteiger partial charge in [-0.2, -0.15) is 0 Å². The van der Waals surface area contributed by atoms with Gasteiger partial charge in [0.1, 0.15) is 0 Å². The van der Waals surface area contributed by atoms with Crippen molar-refractivity contribution >= 4 is 5.97 Å². The van der Waals surface area contributed by atoms with Crippen molar-refractivity contribution in [3.8, 4) is 0 Å². The Morgan fingerprint density at radius 3 is 2.22 bits per heavy atom. The van der Waals surface area contributed by atoms with Crippen LogP contribution in [0.3, 0.4) is 0 Å². The van der Waals surface area contributed by atoms with Gasteiger partial charge in [0.2, 0.25) is 0 Å². The quantitative estimate of drug-likeness (QED) is 0.820. The zero-order valence-corrected chi connectivity index (χ0v) is 10.3. The number of benzene rings is 2. The van der Waals surface area contributed by atoms with Crippen LogP contribution in [-0.4, -0.2) is 5.97 Å². The van der Waals surface area contributed by atoms with Crippen molar-refractivity contribution < 1.29 is 9.90 Å². The Balaban J connectivity index is 2.25. The largest absolute Gasteiger partial charge is 0.545 e. The molecule has 2 rings (SSSR count). The van der Waals surface area contributed by atoms with Gasteiger partial charge in [0.05, 0.1) is 5.97 Å². The van der Waals surface area contributed by atoms with E-state index in [1.54, 1.807) is 12.1 Å². The van der Waals surface area contributed by atoms with Crippen LogP contribution in [0.5, 0.6) is 0 Å². The van der Waals surface area contributed by atoms with E-state index in [2.05, 4.69) is 19.1 Å². The van der Waals surface area contributed by atoms with E-state index in [0.717, 1.165) is 17.5 Å². The van der Waals surface area contributed by atoms with Gasteiger partial charge >= 0.3 is 0 Å². The number of carbonyl (C=O) groups is 1. The second-order valence-corrected chi connectivity index (χ2v) is 4.29. The number of aromatic carboxylic acids is 1. The van der Waals surface area contributed by atoms with E-state index in [1.807, 2.05) is 24.3 Å². The van der Waals surface area contributed by atoms with E-state index in [9.17, 15) is 9.90 Å². The predicted molar refractivity (Wildman–Crippen MR) is 69.4 cm³/mol. The molecule has 0 spiro atoms. The molecule has 18 heavy (non-hydrogen) atoms. The molecule has 0 N–H and O–H groups in total. The SMILES string of the molecule is CCc1ccc(Cc2ccccc2C(=O)[O-])cc1. The van der Waals surface area contributed by atoms with E-state index >= 15 is 0 Å². The summed E-state index contributed by atoms with van der Waals surface area (Å²) in [6, 6.07) is 15.2. The fourth-order valence-electron chi connectivity index (χ4n) is 1.99. The van der Waals surface area contributed by atoms with Gasteiger partial charge in [0.15, 0.2) is 0 Å². The molecule has 2 aromatic rings. The molecular formula is C16H15O2-. The first-order valence-corrected chi connectivity index (χ1v) is 6.07. The van der Waals surface area contributed by atoms with Crippen LogP contribution in [0, 0.1) is 0 Å². The summed E-state index contributed by atoms with van der Waals surface area (Å²) in [5.74, 6) is -1.12. The Labute approximate surface area is 107 Å². The van der Waals surface area contributed by atoms with Crippen LogP contribution in [0.25, 0.3) is 0 Å². The average molecular weight is 239 g/mol. The number of carboxylic acid groups (broad SMARTS) is 1. The third-order valence-corrected chi connectivity index (χ3v) is 3.06. The van der Waals surface area contributed by atoms with Crippen LogP contribution >= 0.6 is 0 Å². The highest BCUT2D eigenvalue weighted by Gasteiger charge is 2.03. The lowest BCUT2D eigenvalue weighted by Crippen LogP contribution is -2.23. The lowest BCUT2D eigenvalue weighted by molar-refractivity contribution is -0.255. The number of hydrogen-bond acceptors (Lipinski definition) is 2. The Hall–Kier alpha value is -2.09. The Morgan fingerprint density at radius 1 is 1.00 bits per heavy atom. The van der Waals surface area contributed by atoms with Crippen molar-refractivity contribution in [1.82, 2.24) is 0 Å². The van der Waals surface area contributed by atoms with Crippen LogP contribution in [0.1, 0.15) is 34.0 Å². The van der Waals surface area contributed by atoms with E-state index in [-0.39, 0.29) is 5.56 Å². The highest BCUT2D eigenvalue weighted by molar-refractivity contribution is 5.87. The van der Waals surface area contributed by atoms with E-state index in [4.69, 9.17) is 0 Å². The fourth-order valence-corrected chi connectivity index (χ4v) is 1.99. The van der Waals surface area contributed by atoms with Crippen LogP contribution in [0.15, 0.2) is 48.5 Å². The molecule has 0 aliphatic heterocycles. The van der Waals surface area contributed by atoms with Crippen molar-refractivity contribution in [2.45, 2.75) is 19.8 Å². The third kappa shape index (κ3) is 2.77. The molecule has 0 bridgehead atoms. The summed E-state index contributed by atoms with van der Waals surface area (Å²) in [4.78, 5) is 11.0. The summed E-state index contributed by atoms with van der Waals surface area (Å²) >= 11 is 0. The summed E-state index contributed by atoms with van der Waals surface area (Å²) in [6.07, 6.45) is 1.63. The fraction of sp³-hybridized carbons (Fsp3) is 0.188. The minimum atomic E-state index is -1.12. The first-order chi connectivity index (χ1) is 8.70. The molecule has 0 unspecified atom stereocenters. The Kier molecular flexibility index (Phi) is 3.78. The molecule has 0 aliphatic carbocycles. The number of carbonyl (C=O) groups excluding carboxylic acids is 1. The zero-order valence-electron chi connectivity index (χ0n) is 10.3. The molecule has 0 fully saturated rings. The molecule has 0 amide bonds. The van der Waals surface area contributed by atoms with Crippen molar-refractivity contribution in [1.29, 1.82) is 0 Å². The van der Waals surface area contributed by atoms with Gasteiger partial charge in [-0.25, -0.2) is 0 Å². The lowest BCUT2D eigenvalue weighted by atomic mass is 9.99. The van der Waals surface area contributed by atoms with Gasteiger partial charge in [0.25, 0.3) is 0 Å². The molecule has 2 heteroatoms. The molecule has 0 heterocycles.